The van der Waals surface area contributed by atoms with Crippen LogP contribution in [0, 0.1) is 0 Å². The molecule has 0 unspecified atom stereocenters. The average Bonchev–Trinajstić information content (AvgIpc) is 2.94. The molecule has 0 aliphatic rings. The average molecular weight is 272 g/mol. The monoisotopic (exact) mass is 272 g/mol. The van der Waals surface area contributed by atoms with Crippen LogP contribution in [-0.2, 0) is 6.42 Å². The molecule has 0 N–H and O–H groups in total. The van der Waals surface area contributed by atoms with Crippen molar-refractivity contribution in [2.45, 2.75) is 13.3 Å². The minimum absolute atomic E-state index is 0.949. The Labute approximate surface area is 123 Å². The lowest BCUT2D eigenvalue weighted by Gasteiger charge is -2.04. The predicted molar refractivity (Wildman–Crippen MR) is 88.5 cm³/mol. The minimum Gasteiger partial charge on any atom is -0.455 e. The molecule has 0 aliphatic carbocycles. The van der Waals surface area contributed by atoms with Crippen molar-refractivity contribution in [3.63, 3.8) is 0 Å². The summed E-state index contributed by atoms with van der Waals surface area (Å²) < 4.78 is 6.09. The molecule has 0 bridgehead atoms. The van der Waals surface area contributed by atoms with E-state index in [1.165, 1.54) is 21.9 Å². The summed E-state index contributed by atoms with van der Waals surface area (Å²) in [4.78, 5) is 0. The SMILES string of the molecule is CCc1ccc(-c2cccc3c2oc2ccccc23)cc1. The highest BCUT2D eigenvalue weighted by Crippen LogP contribution is 2.35. The lowest BCUT2D eigenvalue weighted by atomic mass is 10.0. The zero-order chi connectivity index (χ0) is 14.2. The third-order valence-corrected chi connectivity index (χ3v) is 4.08. The Morgan fingerprint density at radius 3 is 2.33 bits per heavy atom. The van der Waals surface area contributed by atoms with E-state index in [-0.39, 0.29) is 0 Å². The molecule has 0 saturated heterocycles. The van der Waals surface area contributed by atoms with E-state index in [0.717, 1.165) is 23.2 Å². The Hall–Kier alpha value is -2.54. The van der Waals surface area contributed by atoms with Crippen molar-refractivity contribution in [2.24, 2.45) is 0 Å². The summed E-state index contributed by atoms with van der Waals surface area (Å²) in [6.07, 6.45) is 1.06. The van der Waals surface area contributed by atoms with Crippen molar-refractivity contribution in [3.8, 4) is 11.1 Å². The Morgan fingerprint density at radius 1 is 0.762 bits per heavy atom. The van der Waals surface area contributed by atoms with Crippen molar-refractivity contribution in [2.75, 3.05) is 0 Å². The summed E-state index contributed by atoms with van der Waals surface area (Å²) in [5.41, 5.74) is 5.65. The van der Waals surface area contributed by atoms with E-state index in [2.05, 4.69) is 61.5 Å². The normalized spacial score (nSPS) is 11.3. The lowest BCUT2D eigenvalue weighted by Crippen LogP contribution is -1.82. The van der Waals surface area contributed by atoms with Gasteiger partial charge < -0.3 is 4.42 Å². The van der Waals surface area contributed by atoms with Crippen LogP contribution in [0.3, 0.4) is 0 Å². The van der Waals surface area contributed by atoms with Gasteiger partial charge in [0.1, 0.15) is 11.2 Å². The van der Waals surface area contributed by atoms with Crippen LogP contribution in [0.5, 0.6) is 0 Å². The van der Waals surface area contributed by atoms with E-state index in [1.54, 1.807) is 0 Å². The van der Waals surface area contributed by atoms with Crippen LogP contribution in [0.15, 0.2) is 71.1 Å². The first kappa shape index (κ1) is 12.2. The Morgan fingerprint density at radius 2 is 1.52 bits per heavy atom. The molecule has 21 heavy (non-hydrogen) atoms. The topological polar surface area (TPSA) is 13.1 Å². The molecule has 0 atom stereocenters. The predicted octanol–water partition coefficient (Wildman–Crippen LogP) is 5.82. The Balaban J connectivity index is 1.99. The van der Waals surface area contributed by atoms with Crippen molar-refractivity contribution in [1.29, 1.82) is 0 Å². The van der Waals surface area contributed by atoms with E-state index < -0.39 is 0 Å². The fourth-order valence-corrected chi connectivity index (χ4v) is 2.89. The quantitative estimate of drug-likeness (QED) is 0.448. The van der Waals surface area contributed by atoms with Crippen LogP contribution in [0.25, 0.3) is 33.1 Å². The molecule has 0 spiro atoms. The highest BCUT2D eigenvalue weighted by molar-refractivity contribution is 6.09. The van der Waals surface area contributed by atoms with E-state index in [9.17, 15) is 0 Å². The summed E-state index contributed by atoms with van der Waals surface area (Å²) in [7, 11) is 0. The maximum atomic E-state index is 6.09. The zero-order valence-electron chi connectivity index (χ0n) is 12.0. The number of rotatable bonds is 2. The summed E-state index contributed by atoms with van der Waals surface area (Å²) in [6, 6.07) is 23.3. The van der Waals surface area contributed by atoms with Crippen molar-refractivity contribution < 1.29 is 4.42 Å². The summed E-state index contributed by atoms with van der Waals surface area (Å²) in [6.45, 7) is 2.18. The van der Waals surface area contributed by atoms with Gasteiger partial charge in [-0.2, -0.15) is 0 Å². The molecule has 0 radical (unpaired) electrons. The van der Waals surface area contributed by atoms with Gasteiger partial charge in [0, 0.05) is 16.3 Å². The number of fused-ring (bicyclic) bond motifs is 3. The second-order valence-corrected chi connectivity index (χ2v) is 5.33. The van der Waals surface area contributed by atoms with Crippen LogP contribution >= 0.6 is 0 Å². The standard InChI is InChI=1S/C20H16O/c1-2-14-10-12-15(13-11-14)16-7-5-8-18-17-6-3-4-9-19(17)21-20(16)18/h3-13H,2H2,1H3. The van der Waals surface area contributed by atoms with E-state index in [4.69, 9.17) is 4.42 Å². The minimum atomic E-state index is 0.949. The van der Waals surface area contributed by atoms with Crippen LogP contribution in [0.4, 0.5) is 0 Å². The summed E-state index contributed by atoms with van der Waals surface area (Å²) in [5.74, 6) is 0. The van der Waals surface area contributed by atoms with Gasteiger partial charge in [-0.3, -0.25) is 0 Å². The first-order valence-corrected chi connectivity index (χ1v) is 7.36. The molecule has 4 rings (SSSR count). The number of hydrogen-bond acceptors (Lipinski definition) is 1. The van der Waals surface area contributed by atoms with E-state index in [1.807, 2.05) is 12.1 Å². The second-order valence-electron chi connectivity index (χ2n) is 5.33. The van der Waals surface area contributed by atoms with Crippen LogP contribution in [-0.4, -0.2) is 0 Å². The molecular formula is C20H16O. The molecule has 1 aromatic heterocycles. The zero-order valence-corrected chi connectivity index (χ0v) is 12.0. The molecule has 0 saturated carbocycles. The molecule has 4 aromatic rings. The van der Waals surface area contributed by atoms with Gasteiger partial charge in [0.05, 0.1) is 0 Å². The molecule has 1 heterocycles. The molecule has 102 valence electrons. The number of benzene rings is 3. The fourth-order valence-electron chi connectivity index (χ4n) is 2.89. The van der Waals surface area contributed by atoms with Crippen LogP contribution < -0.4 is 0 Å². The van der Waals surface area contributed by atoms with Crippen molar-refractivity contribution in [3.05, 3.63) is 72.3 Å². The highest BCUT2D eigenvalue weighted by atomic mass is 16.3. The molecule has 0 aliphatic heterocycles. The number of furan rings is 1. The van der Waals surface area contributed by atoms with E-state index in [0.29, 0.717) is 0 Å². The van der Waals surface area contributed by atoms with Gasteiger partial charge in [0.25, 0.3) is 0 Å². The van der Waals surface area contributed by atoms with Gasteiger partial charge in [-0.25, -0.2) is 0 Å². The smallest absolute Gasteiger partial charge is 0.143 e. The van der Waals surface area contributed by atoms with Gasteiger partial charge in [0.2, 0.25) is 0 Å². The Bertz CT molecular complexity index is 914. The molecule has 3 aromatic carbocycles. The van der Waals surface area contributed by atoms with E-state index >= 15 is 0 Å². The largest absolute Gasteiger partial charge is 0.455 e. The van der Waals surface area contributed by atoms with Gasteiger partial charge in [0.15, 0.2) is 0 Å². The van der Waals surface area contributed by atoms with Gasteiger partial charge in [-0.15, -0.1) is 0 Å². The van der Waals surface area contributed by atoms with Gasteiger partial charge >= 0.3 is 0 Å². The molecule has 0 amide bonds. The summed E-state index contributed by atoms with van der Waals surface area (Å²) >= 11 is 0. The first-order valence-electron chi connectivity index (χ1n) is 7.36. The third kappa shape index (κ3) is 1.93. The third-order valence-electron chi connectivity index (χ3n) is 4.08. The first-order chi connectivity index (χ1) is 10.4. The lowest BCUT2D eigenvalue weighted by molar-refractivity contribution is 0.670. The molecule has 1 heteroatoms. The van der Waals surface area contributed by atoms with Gasteiger partial charge in [-0.05, 0) is 23.6 Å². The van der Waals surface area contributed by atoms with Crippen LogP contribution in [0.1, 0.15) is 12.5 Å². The van der Waals surface area contributed by atoms with Crippen LogP contribution in [0.2, 0.25) is 0 Å². The highest BCUT2D eigenvalue weighted by Gasteiger charge is 2.11. The summed E-state index contributed by atoms with van der Waals surface area (Å²) in [5, 5.41) is 2.36. The molecule has 0 fully saturated rings. The molecule has 1 nitrogen and oxygen atoms in total. The number of aryl methyl sites for hydroxylation is 1. The number of para-hydroxylation sites is 2. The Kier molecular flexibility index (Phi) is 2.78. The maximum Gasteiger partial charge on any atom is 0.143 e. The fraction of sp³-hybridized carbons (Fsp3) is 0.100. The van der Waals surface area contributed by atoms with Gasteiger partial charge in [-0.1, -0.05) is 67.6 Å². The number of hydrogen-bond donors (Lipinski definition) is 0. The second kappa shape index (κ2) is 4.78. The van der Waals surface area contributed by atoms with Crippen molar-refractivity contribution in [1.82, 2.24) is 0 Å². The maximum absolute atomic E-state index is 6.09. The molecular weight excluding hydrogens is 256 g/mol. The van der Waals surface area contributed by atoms with Crippen molar-refractivity contribution >= 4 is 21.9 Å².